The molecule has 1 fully saturated rings. The van der Waals surface area contributed by atoms with Crippen molar-refractivity contribution in [1.82, 2.24) is 10.2 Å². The van der Waals surface area contributed by atoms with Crippen LogP contribution in [0.5, 0.6) is 0 Å². The van der Waals surface area contributed by atoms with Gasteiger partial charge in [-0.25, -0.2) is 4.79 Å². The van der Waals surface area contributed by atoms with Crippen molar-refractivity contribution in [2.24, 2.45) is 5.92 Å². The van der Waals surface area contributed by atoms with Gasteiger partial charge in [0.15, 0.2) is 5.76 Å². The molecule has 1 aliphatic heterocycles. The number of carbonyl (C=O) groups excluding carboxylic acids is 1. The molecule has 2 aromatic rings. The Bertz CT molecular complexity index is 783. The van der Waals surface area contributed by atoms with E-state index in [9.17, 15) is 9.59 Å². The Morgan fingerprint density at radius 2 is 1.96 bits per heavy atom. The summed E-state index contributed by atoms with van der Waals surface area (Å²) in [5.41, 5.74) is 1.77. The molecular formula is C21H27N3O4. The average Bonchev–Trinajstić information content (AvgIpc) is 3.23. The van der Waals surface area contributed by atoms with E-state index in [0.29, 0.717) is 31.6 Å². The first-order chi connectivity index (χ1) is 13.5. The van der Waals surface area contributed by atoms with Gasteiger partial charge in [0.25, 0.3) is 5.91 Å². The summed E-state index contributed by atoms with van der Waals surface area (Å²) in [7, 11) is 0. The topological polar surface area (TPSA) is 94.8 Å². The van der Waals surface area contributed by atoms with Crippen LogP contribution in [0.3, 0.4) is 0 Å². The van der Waals surface area contributed by atoms with E-state index < -0.39 is 6.09 Å². The highest BCUT2D eigenvalue weighted by Gasteiger charge is 2.23. The number of anilines is 1. The van der Waals surface area contributed by atoms with Crippen LogP contribution in [0.2, 0.25) is 0 Å². The maximum absolute atomic E-state index is 12.2. The molecule has 1 aromatic heterocycles. The van der Waals surface area contributed by atoms with Crippen molar-refractivity contribution < 1.29 is 19.1 Å². The van der Waals surface area contributed by atoms with E-state index in [2.05, 4.69) is 17.6 Å². The lowest BCUT2D eigenvalue weighted by Gasteiger charge is -2.31. The molecule has 2 heterocycles. The number of para-hydroxylation sites is 1. The van der Waals surface area contributed by atoms with Crippen LogP contribution in [0.4, 0.5) is 10.5 Å². The number of furan rings is 1. The van der Waals surface area contributed by atoms with Crippen molar-refractivity contribution in [2.75, 3.05) is 18.4 Å². The van der Waals surface area contributed by atoms with Crippen LogP contribution < -0.4 is 10.6 Å². The van der Waals surface area contributed by atoms with Crippen molar-refractivity contribution in [1.29, 1.82) is 0 Å². The van der Waals surface area contributed by atoms with Gasteiger partial charge < -0.3 is 25.1 Å². The van der Waals surface area contributed by atoms with Gasteiger partial charge in [0.05, 0.1) is 6.26 Å². The molecule has 1 aromatic carbocycles. The second-order valence-corrected chi connectivity index (χ2v) is 7.32. The molecule has 3 N–H and O–H groups in total. The highest BCUT2D eigenvalue weighted by atomic mass is 16.4. The smallest absolute Gasteiger partial charge is 0.407 e. The number of nitrogens with one attached hydrogen (secondary N) is 2. The van der Waals surface area contributed by atoms with Crippen LogP contribution in [0, 0.1) is 5.92 Å². The summed E-state index contributed by atoms with van der Waals surface area (Å²) >= 11 is 0. The normalized spacial score (nSPS) is 16.0. The van der Waals surface area contributed by atoms with Crippen LogP contribution in [-0.4, -0.2) is 41.1 Å². The third-order valence-corrected chi connectivity index (χ3v) is 5.22. The first kappa shape index (κ1) is 19.9. The maximum Gasteiger partial charge on any atom is 0.407 e. The van der Waals surface area contributed by atoms with E-state index >= 15 is 0 Å². The summed E-state index contributed by atoms with van der Waals surface area (Å²) < 4.78 is 5.14. The Labute approximate surface area is 164 Å². The van der Waals surface area contributed by atoms with Crippen molar-refractivity contribution in [3.8, 4) is 0 Å². The molecule has 1 saturated heterocycles. The number of benzene rings is 1. The molecule has 0 aliphatic carbocycles. The number of hydrogen-bond acceptors (Lipinski definition) is 4. The van der Waals surface area contributed by atoms with Gasteiger partial charge in [-0.15, -0.1) is 0 Å². The molecule has 3 rings (SSSR count). The second-order valence-electron chi connectivity index (χ2n) is 7.32. The van der Waals surface area contributed by atoms with Crippen LogP contribution in [0.15, 0.2) is 47.1 Å². The van der Waals surface area contributed by atoms with Crippen LogP contribution in [0.25, 0.3) is 0 Å². The first-order valence-corrected chi connectivity index (χ1v) is 9.67. The van der Waals surface area contributed by atoms with Gasteiger partial charge in [0, 0.05) is 31.4 Å². The predicted octanol–water partition coefficient (Wildman–Crippen LogP) is 3.79. The third-order valence-electron chi connectivity index (χ3n) is 5.22. The predicted molar refractivity (Wildman–Crippen MR) is 106 cm³/mol. The number of hydrogen-bond donors (Lipinski definition) is 3. The minimum Gasteiger partial charge on any atom is -0.465 e. The van der Waals surface area contributed by atoms with Gasteiger partial charge >= 0.3 is 6.09 Å². The SMILES string of the molecule is CC(CC1CCN(C(=O)O)CC1)NCc1ccccc1NC(=O)c1ccco1. The Kier molecular flexibility index (Phi) is 6.71. The lowest BCUT2D eigenvalue weighted by atomic mass is 9.91. The van der Waals surface area contributed by atoms with Gasteiger partial charge in [-0.3, -0.25) is 4.79 Å². The summed E-state index contributed by atoms with van der Waals surface area (Å²) in [6.07, 6.45) is 3.49. The van der Waals surface area contributed by atoms with Crippen molar-refractivity contribution in [3.63, 3.8) is 0 Å². The number of carbonyl (C=O) groups is 2. The number of rotatable bonds is 7. The molecule has 1 atom stereocenters. The lowest BCUT2D eigenvalue weighted by Crippen LogP contribution is -2.39. The molecule has 7 heteroatoms. The summed E-state index contributed by atoms with van der Waals surface area (Å²) in [6, 6.07) is 11.3. The highest BCUT2D eigenvalue weighted by Crippen LogP contribution is 2.23. The van der Waals surface area contributed by atoms with Crippen LogP contribution in [0.1, 0.15) is 42.3 Å². The zero-order chi connectivity index (χ0) is 19.9. The molecule has 0 bridgehead atoms. The van der Waals surface area contributed by atoms with Crippen molar-refractivity contribution >= 4 is 17.7 Å². The molecule has 2 amide bonds. The Morgan fingerprint density at radius 3 is 2.64 bits per heavy atom. The molecule has 1 aliphatic rings. The summed E-state index contributed by atoms with van der Waals surface area (Å²) in [4.78, 5) is 24.7. The molecule has 1 unspecified atom stereocenters. The van der Waals surface area contributed by atoms with E-state index in [1.807, 2.05) is 24.3 Å². The quantitative estimate of drug-likeness (QED) is 0.674. The zero-order valence-electron chi connectivity index (χ0n) is 16.1. The fourth-order valence-corrected chi connectivity index (χ4v) is 3.62. The van der Waals surface area contributed by atoms with Gasteiger partial charge in [-0.1, -0.05) is 18.2 Å². The molecule has 0 radical (unpaired) electrons. The fraction of sp³-hybridized carbons (Fsp3) is 0.429. The first-order valence-electron chi connectivity index (χ1n) is 9.67. The second kappa shape index (κ2) is 9.41. The van der Waals surface area contributed by atoms with Crippen LogP contribution in [-0.2, 0) is 6.54 Å². The number of nitrogens with zero attached hydrogens (tertiary/aromatic N) is 1. The number of amides is 2. The highest BCUT2D eigenvalue weighted by molar-refractivity contribution is 6.02. The minimum absolute atomic E-state index is 0.268. The van der Waals surface area contributed by atoms with E-state index in [0.717, 1.165) is 30.5 Å². The number of carboxylic acid groups (broad SMARTS) is 1. The Morgan fingerprint density at radius 1 is 1.21 bits per heavy atom. The number of likely N-dealkylation sites (tertiary alicyclic amines) is 1. The molecular weight excluding hydrogens is 358 g/mol. The van der Waals surface area contributed by atoms with Gasteiger partial charge in [-0.05, 0) is 55.9 Å². The molecule has 0 saturated carbocycles. The summed E-state index contributed by atoms with van der Waals surface area (Å²) in [5, 5.41) is 15.5. The Hall–Kier alpha value is -2.80. The third kappa shape index (κ3) is 5.36. The standard InChI is InChI=1S/C21H27N3O4/c1-15(13-16-8-10-24(11-9-16)21(26)27)22-14-17-5-2-3-6-18(17)23-20(25)19-7-4-12-28-19/h2-7,12,15-16,22H,8-11,13-14H2,1H3,(H,23,25)(H,26,27). The molecule has 150 valence electrons. The largest absolute Gasteiger partial charge is 0.465 e. The summed E-state index contributed by atoms with van der Waals surface area (Å²) in [6.45, 7) is 4.03. The van der Waals surface area contributed by atoms with Gasteiger partial charge in [-0.2, -0.15) is 0 Å². The summed E-state index contributed by atoms with van der Waals surface area (Å²) in [5.74, 6) is 0.548. The minimum atomic E-state index is -0.821. The molecule has 28 heavy (non-hydrogen) atoms. The maximum atomic E-state index is 12.2. The fourth-order valence-electron chi connectivity index (χ4n) is 3.62. The monoisotopic (exact) mass is 385 g/mol. The van der Waals surface area contributed by atoms with Crippen LogP contribution >= 0.6 is 0 Å². The molecule has 7 nitrogen and oxygen atoms in total. The van der Waals surface area contributed by atoms with Gasteiger partial charge in [0.1, 0.15) is 0 Å². The van der Waals surface area contributed by atoms with E-state index in [4.69, 9.17) is 9.52 Å². The van der Waals surface area contributed by atoms with E-state index in [1.54, 1.807) is 12.1 Å². The lowest BCUT2D eigenvalue weighted by molar-refractivity contribution is 0.0996. The van der Waals surface area contributed by atoms with Crippen molar-refractivity contribution in [3.05, 3.63) is 54.0 Å². The number of piperidine rings is 1. The average molecular weight is 385 g/mol. The van der Waals surface area contributed by atoms with Crippen molar-refractivity contribution in [2.45, 2.75) is 38.8 Å². The Balaban J connectivity index is 1.49. The van der Waals surface area contributed by atoms with E-state index in [1.165, 1.54) is 11.2 Å². The van der Waals surface area contributed by atoms with Gasteiger partial charge in [0.2, 0.25) is 0 Å². The van der Waals surface area contributed by atoms with E-state index in [-0.39, 0.29) is 11.7 Å². The zero-order valence-corrected chi connectivity index (χ0v) is 16.1. The molecule has 0 spiro atoms.